The molecule has 1 aromatic heterocycles. The van der Waals surface area contributed by atoms with E-state index in [1.165, 1.54) is 24.9 Å². The molecule has 0 atom stereocenters. The summed E-state index contributed by atoms with van der Waals surface area (Å²) in [7, 11) is 1.51. The Kier molecular flexibility index (Phi) is 5.75. The molecule has 24 heavy (non-hydrogen) atoms. The lowest BCUT2D eigenvalue weighted by Gasteiger charge is -2.15. The number of carbonyl (C=O) groups is 3. The summed E-state index contributed by atoms with van der Waals surface area (Å²) in [6, 6.07) is 9.81. The zero-order valence-electron chi connectivity index (χ0n) is 13.1. The molecule has 1 heterocycles. The number of rotatable bonds is 5. The lowest BCUT2D eigenvalue weighted by Crippen LogP contribution is -2.34. The van der Waals surface area contributed by atoms with E-state index in [1.54, 1.807) is 30.3 Å². The normalized spacial score (nSPS) is 10.1. The highest BCUT2D eigenvalue weighted by Gasteiger charge is 2.18. The fourth-order valence-corrected chi connectivity index (χ4v) is 2.25. The number of amides is 3. The van der Waals surface area contributed by atoms with E-state index in [1.807, 2.05) is 0 Å². The number of hydrogen-bond acceptors (Lipinski definition) is 4. The van der Waals surface area contributed by atoms with Crippen molar-refractivity contribution in [1.82, 2.24) is 4.90 Å². The maximum Gasteiger partial charge on any atom is 0.289 e. The van der Waals surface area contributed by atoms with Crippen LogP contribution in [0.25, 0.3) is 0 Å². The molecule has 0 fully saturated rings. The molecule has 0 saturated carbocycles. The Morgan fingerprint density at radius 3 is 2.12 bits per heavy atom. The Hall–Kier alpha value is -2.61. The second-order valence-electron chi connectivity index (χ2n) is 5.07. The van der Waals surface area contributed by atoms with E-state index in [4.69, 9.17) is 4.42 Å². The van der Waals surface area contributed by atoms with Gasteiger partial charge in [0.1, 0.15) is 0 Å². The van der Waals surface area contributed by atoms with Crippen LogP contribution >= 0.6 is 15.9 Å². The van der Waals surface area contributed by atoms with Crippen LogP contribution in [0.15, 0.2) is 45.5 Å². The van der Waals surface area contributed by atoms with Gasteiger partial charge in [0.05, 0.1) is 6.54 Å². The molecule has 0 aliphatic rings. The number of carbonyl (C=O) groups excluding carboxylic acids is 3. The molecule has 126 valence electrons. The van der Waals surface area contributed by atoms with Gasteiger partial charge >= 0.3 is 0 Å². The molecule has 2 rings (SSSR count). The minimum absolute atomic E-state index is 0.120. The molecule has 0 spiro atoms. The number of hydrogen-bond donors (Lipinski definition) is 2. The fraction of sp³-hybridized carbons (Fsp3) is 0.188. The summed E-state index contributed by atoms with van der Waals surface area (Å²) in [6.45, 7) is 1.30. The van der Waals surface area contributed by atoms with Crippen molar-refractivity contribution in [2.45, 2.75) is 6.92 Å². The van der Waals surface area contributed by atoms with Crippen LogP contribution in [0.1, 0.15) is 17.5 Å². The van der Waals surface area contributed by atoms with Crippen LogP contribution < -0.4 is 10.6 Å². The summed E-state index contributed by atoms with van der Waals surface area (Å²) >= 11 is 3.12. The van der Waals surface area contributed by atoms with Crippen molar-refractivity contribution >= 4 is 45.0 Å². The van der Waals surface area contributed by atoms with Crippen molar-refractivity contribution in [3.05, 3.63) is 46.8 Å². The Labute approximate surface area is 147 Å². The quantitative estimate of drug-likeness (QED) is 0.816. The zero-order valence-corrected chi connectivity index (χ0v) is 14.7. The number of likely N-dealkylation sites (N-methyl/N-ethyl adjacent to an activating group) is 1. The largest absolute Gasteiger partial charge is 0.444 e. The smallest absolute Gasteiger partial charge is 0.289 e. The van der Waals surface area contributed by atoms with Crippen LogP contribution in [0.4, 0.5) is 11.4 Å². The first-order valence-corrected chi connectivity index (χ1v) is 7.83. The topological polar surface area (TPSA) is 91.7 Å². The average Bonchev–Trinajstić information content (AvgIpc) is 2.94. The summed E-state index contributed by atoms with van der Waals surface area (Å²) in [5.41, 5.74) is 1.20. The number of furan rings is 1. The molecule has 2 N–H and O–H groups in total. The van der Waals surface area contributed by atoms with Gasteiger partial charge in [-0.25, -0.2) is 0 Å². The van der Waals surface area contributed by atoms with Crippen LogP contribution in [-0.2, 0) is 9.59 Å². The summed E-state index contributed by atoms with van der Waals surface area (Å²) in [6.07, 6.45) is 0. The molecule has 0 bridgehead atoms. The molecule has 8 heteroatoms. The van der Waals surface area contributed by atoms with E-state index in [9.17, 15) is 14.4 Å². The number of nitrogens with zero attached hydrogens (tertiary/aromatic N) is 1. The van der Waals surface area contributed by atoms with Gasteiger partial charge in [-0.15, -0.1) is 0 Å². The first-order chi connectivity index (χ1) is 11.3. The maximum absolute atomic E-state index is 12.1. The highest BCUT2D eigenvalue weighted by Crippen LogP contribution is 2.16. The molecule has 2 aromatic rings. The Bertz CT molecular complexity index is 755. The standard InChI is InChI=1S/C16H16BrN3O4/c1-10(21)18-11-3-5-12(6-4-11)19-15(22)9-20(2)16(23)13-7-8-14(17)24-13/h3-8H,9H2,1-2H3,(H,18,21)(H,19,22). The van der Waals surface area contributed by atoms with Crippen LogP contribution in [0.3, 0.4) is 0 Å². The van der Waals surface area contributed by atoms with Gasteiger partial charge < -0.3 is 20.0 Å². The molecule has 7 nitrogen and oxygen atoms in total. The van der Waals surface area contributed by atoms with E-state index in [-0.39, 0.29) is 24.1 Å². The number of benzene rings is 1. The molecule has 0 aliphatic carbocycles. The minimum Gasteiger partial charge on any atom is -0.444 e. The van der Waals surface area contributed by atoms with Gasteiger partial charge in [0.2, 0.25) is 11.8 Å². The highest BCUT2D eigenvalue weighted by molar-refractivity contribution is 9.10. The van der Waals surface area contributed by atoms with Crippen molar-refractivity contribution in [1.29, 1.82) is 0 Å². The number of nitrogens with one attached hydrogen (secondary N) is 2. The third-order valence-electron chi connectivity index (χ3n) is 3.00. The Morgan fingerprint density at radius 1 is 1.04 bits per heavy atom. The predicted octanol–water partition coefficient (Wildman–Crippen LogP) is 2.71. The van der Waals surface area contributed by atoms with Crippen molar-refractivity contribution in [2.75, 3.05) is 24.2 Å². The SMILES string of the molecule is CC(=O)Nc1ccc(NC(=O)CN(C)C(=O)c2ccc(Br)o2)cc1. The maximum atomic E-state index is 12.1. The van der Waals surface area contributed by atoms with Crippen molar-refractivity contribution in [2.24, 2.45) is 0 Å². The van der Waals surface area contributed by atoms with Crippen LogP contribution in [0.2, 0.25) is 0 Å². The summed E-state index contributed by atoms with van der Waals surface area (Å²) in [4.78, 5) is 36.3. The van der Waals surface area contributed by atoms with E-state index in [0.717, 1.165) is 0 Å². The van der Waals surface area contributed by atoms with Crippen LogP contribution in [-0.4, -0.2) is 36.2 Å². The minimum atomic E-state index is -0.392. The fourth-order valence-electron chi connectivity index (χ4n) is 1.95. The molecule has 0 saturated heterocycles. The molecule has 1 aromatic carbocycles. The monoisotopic (exact) mass is 393 g/mol. The van der Waals surface area contributed by atoms with Gasteiger partial charge in [0.25, 0.3) is 5.91 Å². The van der Waals surface area contributed by atoms with Crippen molar-refractivity contribution in [3.8, 4) is 0 Å². The van der Waals surface area contributed by atoms with Gasteiger partial charge in [0.15, 0.2) is 10.4 Å². The molecule has 0 aliphatic heterocycles. The van der Waals surface area contributed by atoms with Crippen molar-refractivity contribution < 1.29 is 18.8 Å². The summed E-state index contributed by atoms with van der Waals surface area (Å²) < 4.78 is 5.62. The molecule has 0 radical (unpaired) electrons. The third kappa shape index (κ3) is 4.95. The first kappa shape index (κ1) is 17.7. The molecule has 3 amide bonds. The molecular formula is C16H16BrN3O4. The lowest BCUT2D eigenvalue weighted by molar-refractivity contribution is -0.116. The molecular weight excluding hydrogens is 378 g/mol. The average molecular weight is 394 g/mol. The third-order valence-corrected chi connectivity index (χ3v) is 3.43. The first-order valence-electron chi connectivity index (χ1n) is 7.03. The van der Waals surface area contributed by atoms with Gasteiger partial charge in [0, 0.05) is 25.3 Å². The van der Waals surface area contributed by atoms with Crippen LogP contribution in [0, 0.1) is 0 Å². The number of anilines is 2. The second-order valence-corrected chi connectivity index (χ2v) is 5.85. The lowest BCUT2D eigenvalue weighted by atomic mass is 10.2. The van der Waals surface area contributed by atoms with Gasteiger partial charge in [-0.05, 0) is 52.3 Å². The highest BCUT2D eigenvalue weighted by atomic mass is 79.9. The van der Waals surface area contributed by atoms with E-state index in [0.29, 0.717) is 16.0 Å². The van der Waals surface area contributed by atoms with E-state index < -0.39 is 5.91 Å². The predicted molar refractivity (Wildman–Crippen MR) is 92.7 cm³/mol. The van der Waals surface area contributed by atoms with Gasteiger partial charge in [-0.3, -0.25) is 14.4 Å². The molecule has 0 unspecified atom stereocenters. The Morgan fingerprint density at radius 2 is 1.62 bits per heavy atom. The van der Waals surface area contributed by atoms with Crippen molar-refractivity contribution in [3.63, 3.8) is 0 Å². The second kappa shape index (κ2) is 7.78. The summed E-state index contributed by atoms with van der Waals surface area (Å²) in [5, 5.41) is 5.31. The Balaban J connectivity index is 1.90. The van der Waals surface area contributed by atoms with Gasteiger partial charge in [-0.1, -0.05) is 0 Å². The summed E-state index contributed by atoms with van der Waals surface area (Å²) in [5.74, 6) is -0.756. The zero-order chi connectivity index (χ0) is 17.7. The van der Waals surface area contributed by atoms with Gasteiger partial charge in [-0.2, -0.15) is 0 Å². The van der Waals surface area contributed by atoms with E-state index >= 15 is 0 Å². The van der Waals surface area contributed by atoms with Crippen LogP contribution in [0.5, 0.6) is 0 Å². The van der Waals surface area contributed by atoms with E-state index in [2.05, 4.69) is 26.6 Å². The number of halogens is 1.